The summed E-state index contributed by atoms with van der Waals surface area (Å²) in [6.45, 7) is 3.22. The molecule has 4 aromatic rings. The third-order valence-electron chi connectivity index (χ3n) is 7.26. The Morgan fingerprint density at radius 2 is 1.43 bits per heavy atom. The van der Waals surface area contributed by atoms with Gasteiger partial charge in [0.1, 0.15) is 18.4 Å². The third-order valence-corrected chi connectivity index (χ3v) is 9.58. The first-order chi connectivity index (χ1) is 21.1. The van der Waals surface area contributed by atoms with Gasteiger partial charge in [0.05, 0.1) is 10.6 Å². The van der Waals surface area contributed by atoms with E-state index >= 15 is 0 Å². The Balaban J connectivity index is 1.79. The van der Waals surface area contributed by atoms with Gasteiger partial charge in [-0.1, -0.05) is 83.5 Å². The molecule has 0 unspecified atom stereocenters. The van der Waals surface area contributed by atoms with Gasteiger partial charge < -0.3 is 10.2 Å². The molecule has 0 heterocycles. The number of carbonyl (C=O) groups excluding carboxylic acids is 2. The number of sulfonamides is 1. The quantitative estimate of drug-likeness (QED) is 0.179. The monoisotopic (exact) mass is 679 g/mol. The highest BCUT2D eigenvalue weighted by molar-refractivity contribution is 9.10. The molecule has 44 heavy (non-hydrogen) atoms. The molecule has 0 saturated carbocycles. The molecule has 0 saturated heterocycles. The van der Waals surface area contributed by atoms with Crippen molar-refractivity contribution in [3.8, 4) is 0 Å². The lowest BCUT2D eigenvalue weighted by molar-refractivity contribution is -0.140. The van der Waals surface area contributed by atoms with Crippen molar-refractivity contribution >= 4 is 43.5 Å². The van der Waals surface area contributed by atoms with Crippen LogP contribution in [0, 0.1) is 5.82 Å². The second-order valence-electron chi connectivity index (χ2n) is 10.5. The predicted octanol–water partition coefficient (Wildman–Crippen LogP) is 6.34. The fraction of sp³-hybridized carbons (Fsp3) is 0.235. The van der Waals surface area contributed by atoms with Crippen molar-refractivity contribution in [1.82, 2.24) is 10.2 Å². The van der Waals surface area contributed by atoms with Gasteiger partial charge in [0.2, 0.25) is 11.8 Å². The Kier molecular flexibility index (Phi) is 11.3. The number of amides is 2. The second kappa shape index (κ2) is 15.1. The fourth-order valence-electron chi connectivity index (χ4n) is 4.64. The summed E-state index contributed by atoms with van der Waals surface area (Å²) in [5.74, 6) is -1.38. The van der Waals surface area contributed by atoms with Gasteiger partial charge in [0.15, 0.2) is 0 Å². The molecular weight excluding hydrogens is 645 g/mol. The molecule has 0 fully saturated rings. The highest BCUT2D eigenvalue weighted by atomic mass is 79.9. The van der Waals surface area contributed by atoms with Crippen LogP contribution in [0.1, 0.15) is 31.4 Å². The molecule has 0 radical (unpaired) electrons. The van der Waals surface area contributed by atoms with Crippen molar-refractivity contribution in [3.63, 3.8) is 0 Å². The number of hydrogen-bond acceptors (Lipinski definition) is 4. The SMILES string of the molecule is CC[C@@H](C)NC(=O)[C@H](Cc1ccccc1)N(Cc1ccc(F)cc1)C(=O)CN(c1ccc(Br)cc1)S(=O)(=O)c1ccccc1. The third kappa shape index (κ3) is 8.54. The molecule has 0 bridgehead atoms. The molecule has 0 aliphatic carbocycles. The van der Waals surface area contributed by atoms with Crippen molar-refractivity contribution < 1.29 is 22.4 Å². The summed E-state index contributed by atoms with van der Waals surface area (Å²) in [4.78, 5) is 29.6. The molecule has 1 N–H and O–H groups in total. The van der Waals surface area contributed by atoms with Crippen molar-refractivity contribution in [2.45, 2.75) is 50.2 Å². The zero-order valence-corrected chi connectivity index (χ0v) is 27.0. The van der Waals surface area contributed by atoms with Gasteiger partial charge in [-0.3, -0.25) is 13.9 Å². The minimum Gasteiger partial charge on any atom is -0.352 e. The van der Waals surface area contributed by atoms with Crippen LogP contribution in [0.15, 0.2) is 119 Å². The van der Waals surface area contributed by atoms with E-state index < -0.39 is 34.3 Å². The first kappa shape index (κ1) is 32.9. The molecule has 2 amide bonds. The molecule has 2 atom stereocenters. The zero-order valence-electron chi connectivity index (χ0n) is 24.6. The van der Waals surface area contributed by atoms with Crippen LogP contribution in [0.4, 0.5) is 10.1 Å². The van der Waals surface area contributed by atoms with Crippen molar-refractivity contribution in [3.05, 3.63) is 131 Å². The van der Waals surface area contributed by atoms with E-state index in [4.69, 9.17) is 0 Å². The maximum atomic E-state index is 14.4. The molecule has 0 aromatic heterocycles. The molecule has 10 heteroatoms. The largest absolute Gasteiger partial charge is 0.352 e. The summed E-state index contributed by atoms with van der Waals surface area (Å²) < 4.78 is 43.5. The van der Waals surface area contributed by atoms with Gasteiger partial charge in [-0.05, 0) is 73.0 Å². The number of hydrogen-bond donors (Lipinski definition) is 1. The van der Waals surface area contributed by atoms with Gasteiger partial charge in [-0.15, -0.1) is 0 Å². The van der Waals surface area contributed by atoms with Gasteiger partial charge in [-0.25, -0.2) is 12.8 Å². The van der Waals surface area contributed by atoms with Gasteiger partial charge >= 0.3 is 0 Å². The summed E-state index contributed by atoms with van der Waals surface area (Å²) in [6, 6.07) is 28.4. The van der Waals surface area contributed by atoms with E-state index in [1.165, 1.54) is 29.2 Å². The Hall–Kier alpha value is -4.02. The Morgan fingerprint density at radius 1 is 0.841 bits per heavy atom. The van der Waals surface area contributed by atoms with Crippen molar-refractivity contribution in [2.75, 3.05) is 10.8 Å². The molecule has 7 nitrogen and oxygen atoms in total. The molecule has 4 rings (SSSR count). The van der Waals surface area contributed by atoms with Crippen LogP contribution in [0.25, 0.3) is 0 Å². The standard InChI is InChI=1S/C34H35BrFN3O4S/c1-3-25(2)37-34(41)32(22-26-10-6-4-7-11-26)38(23-27-14-18-29(36)19-15-27)33(40)24-39(30-20-16-28(35)17-21-30)44(42,43)31-12-8-5-9-13-31/h4-21,25,32H,3,22-24H2,1-2H3,(H,37,41)/t25-,32+/m1/s1. The van der Waals surface area contributed by atoms with Crippen LogP contribution in [0.3, 0.4) is 0 Å². The van der Waals surface area contributed by atoms with Crippen LogP contribution < -0.4 is 9.62 Å². The van der Waals surface area contributed by atoms with E-state index in [1.807, 2.05) is 44.2 Å². The number of carbonyl (C=O) groups is 2. The van der Waals surface area contributed by atoms with Gasteiger partial charge in [0.25, 0.3) is 10.0 Å². The van der Waals surface area contributed by atoms with E-state index in [-0.39, 0.29) is 35.5 Å². The minimum absolute atomic E-state index is 0.0242. The molecule has 4 aromatic carbocycles. The van der Waals surface area contributed by atoms with Crippen LogP contribution in [-0.4, -0.2) is 43.8 Å². The molecule has 230 valence electrons. The highest BCUT2D eigenvalue weighted by Crippen LogP contribution is 2.26. The maximum absolute atomic E-state index is 14.4. The van der Waals surface area contributed by atoms with E-state index in [2.05, 4.69) is 21.2 Å². The Morgan fingerprint density at radius 3 is 2.02 bits per heavy atom. The fourth-order valence-corrected chi connectivity index (χ4v) is 6.34. The Bertz CT molecular complexity index is 1640. The van der Waals surface area contributed by atoms with Gasteiger partial charge in [0, 0.05) is 23.5 Å². The first-order valence-electron chi connectivity index (χ1n) is 14.3. The van der Waals surface area contributed by atoms with Crippen molar-refractivity contribution in [2.24, 2.45) is 0 Å². The van der Waals surface area contributed by atoms with Crippen LogP contribution >= 0.6 is 15.9 Å². The number of benzene rings is 4. The number of nitrogens with zero attached hydrogens (tertiary/aromatic N) is 2. The van der Waals surface area contributed by atoms with Crippen LogP contribution in [0.5, 0.6) is 0 Å². The topological polar surface area (TPSA) is 86.8 Å². The lowest BCUT2D eigenvalue weighted by atomic mass is 10.0. The maximum Gasteiger partial charge on any atom is 0.264 e. The average molecular weight is 681 g/mol. The minimum atomic E-state index is -4.18. The number of nitrogens with one attached hydrogen (secondary N) is 1. The number of anilines is 1. The molecule has 0 spiro atoms. The predicted molar refractivity (Wildman–Crippen MR) is 174 cm³/mol. The summed E-state index contributed by atoms with van der Waals surface area (Å²) >= 11 is 3.38. The zero-order chi connectivity index (χ0) is 31.7. The Labute approximate surface area is 266 Å². The smallest absolute Gasteiger partial charge is 0.264 e. The molecule has 0 aliphatic heterocycles. The molecule has 0 aliphatic rings. The van der Waals surface area contributed by atoms with Crippen LogP contribution in [0.2, 0.25) is 0 Å². The van der Waals surface area contributed by atoms with Crippen molar-refractivity contribution in [1.29, 1.82) is 0 Å². The van der Waals surface area contributed by atoms with E-state index in [9.17, 15) is 22.4 Å². The molecular formula is C34H35BrFN3O4S. The second-order valence-corrected chi connectivity index (χ2v) is 13.3. The van der Waals surface area contributed by atoms with Crippen LogP contribution in [-0.2, 0) is 32.6 Å². The van der Waals surface area contributed by atoms with E-state index in [1.54, 1.807) is 54.6 Å². The lowest BCUT2D eigenvalue weighted by Gasteiger charge is -2.34. The lowest BCUT2D eigenvalue weighted by Crippen LogP contribution is -2.54. The average Bonchev–Trinajstić information content (AvgIpc) is 3.03. The normalized spacial score (nSPS) is 12.6. The highest BCUT2D eigenvalue weighted by Gasteiger charge is 2.35. The van der Waals surface area contributed by atoms with E-state index in [0.717, 1.165) is 14.3 Å². The summed E-state index contributed by atoms with van der Waals surface area (Å²) in [5.41, 5.74) is 1.71. The van der Waals surface area contributed by atoms with Gasteiger partial charge in [-0.2, -0.15) is 0 Å². The summed E-state index contributed by atoms with van der Waals surface area (Å²) in [7, 11) is -4.18. The summed E-state index contributed by atoms with van der Waals surface area (Å²) in [5, 5.41) is 3.00. The first-order valence-corrected chi connectivity index (χ1v) is 16.5. The summed E-state index contributed by atoms with van der Waals surface area (Å²) in [6.07, 6.45) is 0.877. The van der Waals surface area contributed by atoms with E-state index in [0.29, 0.717) is 12.0 Å². The number of rotatable bonds is 13. The number of halogens is 2.